The molecule has 15 heteroatoms. The van der Waals surface area contributed by atoms with E-state index in [0.717, 1.165) is 17.0 Å². The Bertz CT molecular complexity index is 1890. The molecule has 0 saturated heterocycles. The topological polar surface area (TPSA) is 172 Å². The third-order valence-electron chi connectivity index (χ3n) is 5.74. The zero-order valence-electron chi connectivity index (χ0n) is 23.1. The summed E-state index contributed by atoms with van der Waals surface area (Å²) in [5, 5.41) is 27.9. The van der Waals surface area contributed by atoms with E-state index >= 15 is 0 Å². The van der Waals surface area contributed by atoms with Crippen LogP contribution in [0.2, 0.25) is 0 Å². The standard InChI is InChI=1S/C27H22N2O7S.C2HF3O2/c1-34-25-13-21(23(27(30)31)14-26(25)35-2)22-12-19(29-37(3,32)33)7-9-24(22)36-20-8-6-17-10-16(15-28)4-5-18(17)11-20;3-2(4,5)1(6)7/h4-14,29H,1-3H3,(H,30,31);(H,6,7). The first-order chi connectivity index (χ1) is 20.6. The minimum absolute atomic E-state index is 0.0958. The quantitative estimate of drug-likeness (QED) is 0.213. The third-order valence-corrected chi connectivity index (χ3v) is 6.34. The maximum Gasteiger partial charge on any atom is 0.490 e. The molecule has 0 fully saturated rings. The molecule has 0 unspecified atom stereocenters. The lowest BCUT2D eigenvalue weighted by molar-refractivity contribution is -0.192. The number of carbonyl (C=O) groups is 2. The summed E-state index contributed by atoms with van der Waals surface area (Å²) in [4.78, 5) is 21.1. The molecule has 3 N–H and O–H groups in total. The molecule has 0 aromatic heterocycles. The van der Waals surface area contributed by atoms with Crippen LogP contribution in [0.5, 0.6) is 23.0 Å². The number of aromatic carboxylic acids is 1. The minimum atomic E-state index is -5.08. The Morgan fingerprint density at radius 1 is 0.841 bits per heavy atom. The number of methoxy groups -OCH3 is 2. The Morgan fingerprint density at radius 2 is 1.43 bits per heavy atom. The fourth-order valence-corrected chi connectivity index (χ4v) is 4.42. The van der Waals surface area contributed by atoms with Gasteiger partial charge in [-0.3, -0.25) is 4.72 Å². The van der Waals surface area contributed by atoms with Crippen LogP contribution in [0.4, 0.5) is 18.9 Å². The summed E-state index contributed by atoms with van der Waals surface area (Å²) in [7, 11) is -0.782. The lowest BCUT2D eigenvalue weighted by Crippen LogP contribution is -2.21. The van der Waals surface area contributed by atoms with Crippen molar-refractivity contribution in [2.24, 2.45) is 0 Å². The van der Waals surface area contributed by atoms with Gasteiger partial charge in [-0.15, -0.1) is 0 Å². The predicted molar refractivity (Wildman–Crippen MR) is 153 cm³/mol. The Balaban J connectivity index is 0.000000676. The molecule has 0 heterocycles. The number of benzene rings is 4. The number of aliphatic carboxylic acids is 1. The van der Waals surface area contributed by atoms with Crippen LogP contribution in [0.1, 0.15) is 15.9 Å². The van der Waals surface area contributed by atoms with Crippen molar-refractivity contribution in [2.45, 2.75) is 6.18 Å². The molecule has 4 rings (SSSR count). The number of rotatable bonds is 8. The van der Waals surface area contributed by atoms with E-state index in [1.165, 1.54) is 38.5 Å². The number of anilines is 1. The van der Waals surface area contributed by atoms with Crippen molar-refractivity contribution in [3.63, 3.8) is 0 Å². The molecule has 230 valence electrons. The molecule has 4 aromatic rings. The SMILES string of the molecule is COc1cc(C(=O)O)c(-c2cc(NS(C)(=O)=O)ccc2Oc2ccc3cc(C#N)ccc3c2)cc1OC.O=C(O)C(F)(F)F. The fraction of sp³-hybridized carbons (Fsp3) is 0.138. The second-order valence-corrected chi connectivity index (χ2v) is 10.6. The van der Waals surface area contributed by atoms with Crippen LogP contribution in [0.25, 0.3) is 21.9 Å². The van der Waals surface area contributed by atoms with E-state index in [1.54, 1.807) is 36.4 Å². The molecule has 0 amide bonds. The average molecular weight is 633 g/mol. The van der Waals surface area contributed by atoms with Gasteiger partial charge < -0.3 is 24.4 Å². The first kappa shape index (κ1) is 33.0. The van der Waals surface area contributed by atoms with Gasteiger partial charge in [-0.1, -0.05) is 12.1 Å². The van der Waals surface area contributed by atoms with Crippen LogP contribution in [0.15, 0.2) is 66.7 Å². The molecule has 0 atom stereocenters. The highest BCUT2D eigenvalue weighted by molar-refractivity contribution is 7.92. The van der Waals surface area contributed by atoms with Gasteiger partial charge in [0.25, 0.3) is 0 Å². The van der Waals surface area contributed by atoms with Crippen LogP contribution >= 0.6 is 0 Å². The molecule has 11 nitrogen and oxygen atoms in total. The van der Waals surface area contributed by atoms with Crippen molar-refractivity contribution in [3.05, 3.63) is 77.9 Å². The van der Waals surface area contributed by atoms with E-state index in [2.05, 4.69) is 10.8 Å². The van der Waals surface area contributed by atoms with Gasteiger partial charge in [-0.25, -0.2) is 18.0 Å². The number of fused-ring (bicyclic) bond motifs is 1. The third kappa shape index (κ3) is 8.29. The molecule has 0 radical (unpaired) electrons. The number of nitrogens with one attached hydrogen (secondary N) is 1. The van der Waals surface area contributed by atoms with E-state index in [0.29, 0.717) is 16.9 Å². The number of alkyl halides is 3. The highest BCUT2D eigenvalue weighted by Gasteiger charge is 2.38. The second kappa shape index (κ2) is 13.2. The van der Waals surface area contributed by atoms with Crippen molar-refractivity contribution >= 4 is 38.4 Å². The number of carboxylic acid groups (broad SMARTS) is 2. The lowest BCUT2D eigenvalue weighted by Gasteiger charge is -2.17. The highest BCUT2D eigenvalue weighted by atomic mass is 32.2. The van der Waals surface area contributed by atoms with Gasteiger partial charge in [0.05, 0.1) is 37.7 Å². The number of hydrogen-bond donors (Lipinski definition) is 3. The van der Waals surface area contributed by atoms with Gasteiger partial charge >= 0.3 is 18.1 Å². The average Bonchev–Trinajstić information content (AvgIpc) is 2.95. The van der Waals surface area contributed by atoms with E-state index in [1.807, 2.05) is 6.07 Å². The van der Waals surface area contributed by atoms with Crippen LogP contribution in [-0.2, 0) is 14.8 Å². The molecule has 0 aliphatic rings. The molecule has 0 saturated carbocycles. The Labute approximate surface area is 248 Å². The molecule has 0 spiro atoms. The molecule has 44 heavy (non-hydrogen) atoms. The van der Waals surface area contributed by atoms with Gasteiger partial charge in [0.15, 0.2) is 11.5 Å². The Hall–Kier alpha value is -5.49. The summed E-state index contributed by atoms with van der Waals surface area (Å²) < 4.78 is 74.7. The summed E-state index contributed by atoms with van der Waals surface area (Å²) in [6.07, 6.45) is -4.07. The molecule has 0 aliphatic heterocycles. The smallest absolute Gasteiger partial charge is 0.490 e. The maximum atomic E-state index is 12.2. The zero-order chi connectivity index (χ0) is 32.8. The van der Waals surface area contributed by atoms with E-state index < -0.39 is 28.1 Å². The van der Waals surface area contributed by atoms with Crippen molar-refractivity contribution in [2.75, 3.05) is 25.2 Å². The number of halogens is 3. The molecule has 0 bridgehead atoms. The van der Waals surface area contributed by atoms with Crippen molar-refractivity contribution < 1.29 is 55.6 Å². The molecule has 0 aliphatic carbocycles. The van der Waals surface area contributed by atoms with Crippen LogP contribution in [0, 0.1) is 11.3 Å². The van der Waals surface area contributed by atoms with Gasteiger partial charge in [0, 0.05) is 16.8 Å². The summed E-state index contributed by atoms with van der Waals surface area (Å²) in [6.45, 7) is 0. The van der Waals surface area contributed by atoms with Gasteiger partial charge in [-0.05, 0) is 65.4 Å². The lowest BCUT2D eigenvalue weighted by atomic mass is 9.97. The summed E-state index contributed by atoms with van der Waals surface area (Å²) in [6, 6.07) is 20.1. The number of ether oxygens (including phenoxy) is 3. The molecular formula is C29H23F3N2O9S. The van der Waals surface area contributed by atoms with E-state index in [4.69, 9.17) is 29.4 Å². The summed E-state index contributed by atoms with van der Waals surface area (Å²) in [5.41, 5.74) is 1.20. The van der Waals surface area contributed by atoms with Gasteiger partial charge in [0.1, 0.15) is 11.5 Å². The normalized spacial score (nSPS) is 11.0. The minimum Gasteiger partial charge on any atom is -0.493 e. The van der Waals surface area contributed by atoms with Gasteiger partial charge in [-0.2, -0.15) is 18.4 Å². The second-order valence-electron chi connectivity index (χ2n) is 8.88. The van der Waals surface area contributed by atoms with Crippen LogP contribution < -0.4 is 18.9 Å². The monoisotopic (exact) mass is 632 g/mol. The summed E-state index contributed by atoms with van der Waals surface area (Å²) >= 11 is 0. The van der Waals surface area contributed by atoms with E-state index in [9.17, 15) is 31.5 Å². The van der Waals surface area contributed by atoms with Crippen molar-refractivity contribution in [1.29, 1.82) is 5.26 Å². The van der Waals surface area contributed by atoms with Crippen LogP contribution in [0.3, 0.4) is 0 Å². The number of nitriles is 1. The van der Waals surface area contributed by atoms with Crippen LogP contribution in [-0.4, -0.2) is 57.2 Å². The largest absolute Gasteiger partial charge is 0.493 e. The maximum absolute atomic E-state index is 12.2. The highest BCUT2D eigenvalue weighted by Crippen LogP contribution is 2.42. The number of hydrogen-bond acceptors (Lipinski definition) is 8. The Kier molecular flexibility index (Phi) is 9.92. The number of carboxylic acids is 2. The zero-order valence-corrected chi connectivity index (χ0v) is 23.9. The first-order valence-corrected chi connectivity index (χ1v) is 14.0. The number of sulfonamides is 1. The number of nitrogens with zero attached hydrogens (tertiary/aromatic N) is 1. The first-order valence-electron chi connectivity index (χ1n) is 12.1. The van der Waals surface area contributed by atoms with E-state index in [-0.39, 0.29) is 34.1 Å². The van der Waals surface area contributed by atoms with Crippen molar-refractivity contribution in [1.82, 2.24) is 0 Å². The molecular weight excluding hydrogens is 609 g/mol. The fourth-order valence-electron chi connectivity index (χ4n) is 3.87. The summed E-state index contributed by atoms with van der Waals surface area (Å²) in [5.74, 6) is -2.73. The predicted octanol–water partition coefficient (Wildman–Crippen LogP) is 5.89. The molecule has 4 aromatic carbocycles. The Morgan fingerprint density at radius 3 is 1.98 bits per heavy atom. The van der Waals surface area contributed by atoms with Crippen molar-refractivity contribution in [3.8, 4) is 40.2 Å². The van der Waals surface area contributed by atoms with Gasteiger partial charge in [0.2, 0.25) is 10.0 Å².